The van der Waals surface area contributed by atoms with E-state index in [-0.39, 0.29) is 12.1 Å². The highest BCUT2D eigenvalue weighted by molar-refractivity contribution is 9.09. The molecule has 2 aliphatic rings. The maximum atomic E-state index is 11.7. The molecule has 2 fully saturated rings. The van der Waals surface area contributed by atoms with Crippen LogP contribution in [0.15, 0.2) is 5.16 Å². The smallest absolute Gasteiger partial charge is 0.318 e. The normalized spacial score (nSPS) is 39.6. The summed E-state index contributed by atoms with van der Waals surface area (Å²) >= 11 is 3.30. The molecule has 5 heteroatoms. The molecule has 0 aromatic carbocycles. The van der Waals surface area contributed by atoms with Gasteiger partial charge in [0.05, 0.1) is 5.71 Å². The van der Waals surface area contributed by atoms with Gasteiger partial charge >= 0.3 is 5.97 Å². The minimum atomic E-state index is -0.604. The number of alkyl halides is 1. The molecular formula is C9H12BrNO3. The molecule has 1 aliphatic carbocycles. The molecule has 0 radical (unpaired) electrons. The van der Waals surface area contributed by atoms with E-state index >= 15 is 0 Å². The highest BCUT2D eigenvalue weighted by Crippen LogP contribution is 2.46. The molecule has 14 heavy (non-hydrogen) atoms. The van der Waals surface area contributed by atoms with Gasteiger partial charge in [0.25, 0.3) is 0 Å². The van der Waals surface area contributed by atoms with E-state index in [9.17, 15) is 4.79 Å². The molecule has 1 saturated heterocycles. The Morgan fingerprint density at radius 2 is 2.50 bits per heavy atom. The van der Waals surface area contributed by atoms with Crippen LogP contribution in [0.4, 0.5) is 0 Å². The van der Waals surface area contributed by atoms with Gasteiger partial charge in [0, 0.05) is 11.8 Å². The van der Waals surface area contributed by atoms with E-state index in [0.717, 1.165) is 12.8 Å². The number of hydrogen-bond acceptors (Lipinski definition) is 4. The summed E-state index contributed by atoms with van der Waals surface area (Å²) in [7, 11) is 0. The fourth-order valence-corrected chi connectivity index (χ4v) is 2.75. The van der Waals surface area contributed by atoms with Gasteiger partial charge in [0.15, 0.2) is 0 Å². The monoisotopic (exact) mass is 261 g/mol. The van der Waals surface area contributed by atoms with Gasteiger partial charge < -0.3 is 9.94 Å². The molecule has 1 saturated carbocycles. The van der Waals surface area contributed by atoms with Crippen molar-refractivity contribution in [2.45, 2.75) is 31.8 Å². The van der Waals surface area contributed by atoms with Gasteiger partial charge in [-0.2, -0.15) is 0 Å². The number of esters is 1. The summed E-state index contributed by atoms with van der Waals surface area (Å²) < 4.78 is 5.20. The summed E-state index contributed by atoms with van der Waals surface area (Å²) in [6.07, 6.45) is 2.95. The summed E-state index contributed by atoms with van der Waals surface area (Å²) in [6.45, 7) is 0. The second-order valence-corrected chi connectivity index (χ2v) is 4.52. The molecule has 2 atom stereocenters. The van der Waals surface area contributed by atoms with Gasteiger partial charge in [-0.1, -0.05) is 21.1 Å². The minimum Gasteiger partial charge on any atom is -0.461 e. The molecule has 0 aromatic heterocycles. The molecule has 1 aliphatic heterocycles. The van der Waals surface area contributed by atoms with Crippen LogP contribution in [0.25, 0.3) is 0 Å². The van der Waals surface area contributed by atoms with Gasteiger partial charge in [0.2, 0.25) is 0 Å². The van der Waals surface area contributed by atoms with Crippen LogP contribution < -0.4 is 0 Å². The molecule has 0 unspecified atom stereocenters. The fourth-order valence-electron chi connectivity index (χ4n) is 2.39. The van der Waals surface area contributed by atoms with Gasteiger partial charge in [-0.05, 0) is 19.3 Å². The number of halogens is 1. The standard InChI is InChI=1S/C9H12BrNO3/c10-5-6-4-9(8(12)14-6)3-1-2-7(9)11-13/h6,13H,1-5H2/b11-7+/t6-,9-/m1/s1. The number of hydrogen-bond donors (Lipinski definition) is 1. The Hall–Kier alpha value is -0.580. The zero-order valence-electron chi connectivity index (χ0n) is 7.70. The van der Waals surface area contributed by atoms with Gasteiger partial charge in [-0.3, -0.25) is 4.79 Å². The van der Waals surface area contributed by atoms with Crippen molar-refractivity contribution < 1.29 is 14.7 Å². The van der Waals surface area contributed by atoms with Crippen LogP contribution in [0.2, 0.25) is 0 Å². The molecule has 2 rings (SSSR count). The van der Waals surface area contributed by atoms with Crippen molar-refractivity contribution in [2.75, 3.05) is 5.33 Å². The first-order valence-electron chi connectivity index (χ1n) is 4.71. The molecule has 0 aromatic rings. The molecule has 78 valence electrons. The van der Waals surface area contributed by atoms with Crippen molar-refractivity contribution in [2.24, 2.45) is 10.6 Å². The number of carbonyl (C=O) groups is 1. The number of cyclic esters (lactones) is 1. The first kappa shape index (κ1) is 9.96. The summed E-state index contributed by atoms with van der Waals surface area (Å²) in [5.41, 5.74) is -0.00125. The summed E-state index contributed by atoms with van der Waals surface area (Å²) in [6, 6.07) is 0. The zero-order chi connectivity index (χ0) is 10.2. The molecule has 1 spiro atoms. The molecule has 0 amide bonds. The largest absolute Gasteiger partial charge is 0.461 e. The number of rotatable bonds is 1. The molecule has 4 nitrogen and oxygen atoms in total. The van der Waals surface area contributed by atoms with Crippen molar-refractivity contribution in [1.29, 1.82) is 0 Å². The van der Waals surface area contributed by atoms with Crippen molar-refractivity contribution >= 4 is 27.6 Å². The molecule has 0 bridgehead atoms. The van der Waals surface area contributed by atoms with Crippen LogP contribution in [0.3, 0.4) is 0 Å². The Kier molecular flexibility index (Phi) is 2.51. The summed E-state index contributed by atoms with van der Waals surface area (Å²) in [5.74, 6) is -0.216. The van der Waals surface area contributed by atoms with E-state index in [1.165, 1.54) is 0 Å². The Morgan fingerprint density at radius 3 is 3.07 bits per heavy atom. The van der Waals surface area contributed by atoms with Crippen LogP contribution in [0, 0.1) is 5.41 Å². The van der Waals surface area contributed by atoms with Crippen LogP contribution in [0.1, 0.15) is 25.7 Å². The Morgan fingerprint density at radius 1 is 1.71 bits per heavy atom. The van der Waals surface area contributed by atoms with E-state index in [4.69, 9.17) is 9.94 Å². The number of ether oxygens (including phenoxy) is 1. The topological polar surface area (TPSA) is 58.9 Å². The Balaban J connectivity index is 2.27. The average Bonchev–Trinajstić information content (AvgIpc) is 2.73. The van der Waals surface area contributed by atoms with Crippen LogP contribution in [-0.2, 0) is 9.53 Å². The summed E-state index contributed by atoms with van der Waals surface area (Å²) in [5, 5.41) is 12.7. The average molecular weight is 262 g/mol. The molecule has 1 N–H and O–H groups in total. The maximum Gasteiger partial charge on any atom is 0.318 e. The predicted molar refractivity (Wildman–Crippen MR) is 53.8 cm³/mol. The van der Waals surface area contributed by atoms with E-state index < -0.39 is 5.41 Å². The van der Waals surface area contributed by atoms with Gasteiger partial charge in [-0.25, -0.2) is 0 Å². The lowest BCUT2D eigenvalue weighted by molar-refractivity contribution is -0.145. The Bertz CT molecular complexity index is 292. The lowest BCUT2D eigenvalue weighted by Crippen LogP contribution is -2.31. The highest BCUT2D eigenvalue weighted by Gasteiger charge is 2.54. The van der Waals surface area contributed by atoms with Crippen molar-refractivity contribution in [1.82, 2.24) is 0 Å². The second-order valence-electron chi connectivity index (χ2n) is 3.87. The van der Waals surface area contributed by atoms with Gasteiger partial charge in [-0.15, -0.1) is 0 Å². The van der Waals surface area contributed by atoms with Gasteiger partial charge in [0.1, 0.15) is 11.5 Å². The van der Waals surface area contributed by atoms with Crippen LogP contribution >= 0.6 is 15.9 Å². The lowest BCUT2D eigenvalue weighted by Gasteiger charge is -2.16. The van der Waals surface area contributed by atoms with Crippen LogP contribution in [0.5, 0.6) is 0 Å². The zero-order valence-corrected chi connectivity index (χ0v) is 9.29. The Labute approximate surface area is 90.4 Å². The van der Waals surface area contributed by atoms with E-state index in [1.807, 2.05) is 0 Å². The number of carbonyl (C=O) groups excluding carboxylic acids is 1. The third kappa shape index (κ3) is 1.26. The highest BCUT2D eigenvalue weighted by atomic mass is 79.9. The maximum absolute atomic E-state index is 11.7. The number of oxime groups is 1. The molecular weight excluding hydrogens is 250 g/mol. The number of nitrogens with zero attached hydrogens (tertiary/aromatic N) is 1. The van der Waals surface area contributed by atoms with E-state index in [2.05, 4.69) is 21.1 Å². The lowest BCUT2D eigenvalue weighted by atomic mass is 9.82. The molecule has 1 heterocycles. The van der Waals surface area contributed by atoms with E-state index in [1.54, 1.807) is 0 Å². The van der Waals surface area contributed by atoms with Crippen molar-refractivity contribution in [3.8, 4) is 0 Å². The second kappa shape index (κ2) is 3.53. The first-order valence-corrected chi connectivity index (χ1v) is 5.83. The van der Waals surface area contributed by atoms with Crippen molar-refractivity contribution in [3.63, 3.8) is 0 Å². The van der Waals surface area contributed by atoms with E-state index in [0.29, 0.717) is 23.9 Å². The minimum absolute atomic E-state index is 0.0719. The quantitative estimate of drug-likeness (QED) is 0.338. The predicted octanol–water partition coefficient (Wildman–Crippen LogP) is 1.70. The third-order valence-corrected chi connectivity index (χ3v) is 3.83. The fraction of sp³-hybridized carbons (Fsp3) is 0.778. The van der Waals surface area contributed by atoms with Crippen molar-refractivity contribution in [3.05, 3.63) is 0 Å². The van der Waals surface area contributed by atoms with Crippen LogP contribution in [-0.4, -0.2) is 28.3 Å². The summed E-state index contributed by atoms with van der Waals surface area (Å²) in [4.78, 5) is 11.7. The SMILES string of the molecule is O=C1O[C@@H](CBr)C[C@@]12CCC/C2=N\O. The third-order valence-electron chi connectivity index (χ3n) is 3.10. The first-order chi connectivity index (χ1) is 6.73.